The highest BCUT2D eigenvalue weighted by atomic mass is 19.4. The minimum absolute atomic E-state index is 0.0610. The molecular formula is C24H27F3N4O. The summed E-state index contributed by atoms with van der Waals surface area (Å²) < 4.78 is 46.5. The van der Waals surface area contributed by atoms with Crippen molar-refractivity contribution in [3.63, 3.8) is 0 Å². The highest BCUT2D eigenvalue weighted by molar-refractivity contribution is 5.64. The van der Waals surface area contributed by atoms with Crippen molar-refractivity contribution < 1.29 is 17.9 Å². The van der Waals surface area contributed by atoms with Crippen LogP contribution in [0.5, 0.6) is 5.75 Å². The summed E-state index contributed by atoms with van der Waals surface area (Å²) in [5, 5.41) is 5.73. The third-order valence-electron chi connectivity index (χ3n) is 4.36. The molecule has 0 saturated carbocycles. The number of benzene rings is 2. The minimum atomic E-state index is -4.61. The van der Waals surface area contributed by atoms with Gasteiger partial charge in [0.15, 0.2) is 0 Å². The molecule has 0 radical (unpaired) electrons. The Hall–Kier alpha value is -3.29. The molecule has 2 N–H and O–H groups in total. The Morgan fingerprint density at radius 3 is 2.28 bits per heavy atom. The Morgan fingerprint density at radius 1 is 0.938 bits per heavy atom. The Balaban J connectivity index is 1.87. The van der Waals surface area contributed by atoms with Gasteiger partial charge in [-0.25, -0.2) is 4.98 Å². The number of hydrogen-bond acceptors (Lipinski definition) is 5. The van der Waals surface area contributed by atoms with Crippen molar-refractivity contribution >= 4 is 23.1 Å². The molecular weight excluding hydrogens is 417 g/mol. The minimum Gasteiger partial charge on any atom is -0.488 e. The van der Waals surface area contributed by atoms with Gasteiger partial charge < -0.3 is 15.4 Å². The molecule has 1 heterocycles. The Kier molecular flexibility index (Phi) is 6.91. The Morgan fingerprint density at radius 2 is 1.66 bits per heavy atom. The number of alkyl halides is 3. The number of rotatable bonds is 7. The van der Waals surface area contributed by atoms with Crippen LogP contribution in [0.2, 0.25) is 0 Å². The fraction of sp³-hybridized carbons (Fsp3) is 0.333. The third-order valence-corrected chi connectivity index (χ3v) is 4.36. The zero-order chi connectivity index (χ0) is 23.4. The first-order valence-electron chi connectivity index (χ1n) is 10.4. The van der Waals surface area contributed by atoms with Crippen molar-refractivity contribution in [3.05, 3.63) is 65.9 Å². The zero-order valence-corrected chi connectivity index (χ0v) is 18.5. The number of nitrogens with zero attached hydrogens (tertiary/aromatic N) is 2. The first kappa shape index (κ1) is 23.4. The van der Waals surface area contributed by atoms with E-state index in [0.717, 1.165) is 19.0 Å². The summed E-state index contributed by atoms with van der Waals surface area (Å²) in [6, 6.07) is 14.4. The molecule has 0 bridgehead atoms. The molecule has 8 heteroatoms. The van der Waals surface area contributed by atoms with Gasteiger partial charge >= 0.3 is 6.18 Å². The maximum absolute atomic E-state index is 13.6. The van der Waals surface area contributed by atoms with Crippen LogP contribution in [0.15, 0.2) is 54.7 Å². The second-order valence-corrected chi connectivity index (χ2v) is 8.39. The van der Waals surface area contributed by atoms with Gasteiger partial charge in [0, 0.05) is 23.6 Å². The number of halogens is 3. The normalized spacial score (nSPS) is 11.8. The van der Waals surface area contributed by atoms with Gasteiger partial charge in [0.25, 0.3) is 0 Å². The van der Waals surface area contributed by atoms with E-state index in [0.29, 0.717) is 17.1 Å². The van der Waals surface area contributed by atoms with Crippen LogP contribution in [0.3, 0.4) is 0 Å². The molecule has 1 aromatic heterocycles. The average Bonchev–Trinajstić information content (AvgIpc) is 2.68. The molecule has 0 saturated heterocycles. The van der Waals surface area contributed by atoms with Gasteiger partial charge in [-0.1, -0.05) is 31.5 Å². The number of nitrogens with one attached hydrogen (secondary N) is 2. The van der Waals surface area contributed by atoms with Crippen LogP contribution < -0.4 is 15.4 Å². The lowest BCUT2D eigenvalue weighted by Gasteiger charge is -2.22. The largest absolute Gasteiger partial charge is 0.488 e. The molecule has 3 rings (SSSR count). The summed E-state index contributed by atoms with van der Waals surface area (Å²) in [6.07, 6.45) is -1.84. The second-order valence-electron chi connectivity index (χ2n) is 8.39. The van der Waals surface area contributed by atoms with E-state index in [4.69, 9.17) is 4.74 Å². The van der Waals surface area contributed by atoms with Gasteiger partial charge in [0.05, 0.1) is 0 Å². The van der Waals surface area contributed by atoms with Gasteiger partial charge in [-0.15, -0.1) is 0 Å². The second kappa shape index (κ2) is 9.46. The number of aryl methyl sites for hydroxylation is 1. The van der Waals surface area contributed by atoms with E-state index in [9.17, 15) is 13.2 Å². The Labute approximate surface area is 186 Å². The molecule has 0 aliphatic heterocycles. The molecule has 3 aromatic rings. The molecule has 5 nitrogen and oxygen atoms in total. The molecule has 0 atom stereocenters. The van der Waals surface area contributed by atoms with Crippen molar-refractivity contribution in [1.29, 1.82) is 0 Å². The average molecular weight is 445 g/mol. The monoisotopic (exact) mass is 444 g/mol. The maximum atomic E-state index is 13.6. The van der Waals surface area contributed by atoms with Crippen LogP contribution in [0.1, 0.15) is 45.2 Å². The van der Waals surface area contributed by atoms with Crippen molar-refractivity contribution in [2.24, 2.45) is 0 Å². The first-order chi connectivity index (χ1) is 15.0. The molecule has 2 aromatic carbocycles. The highest BCUT2D eigenvalue weighted by Crippen LogP contribution is 2.36. The van der Waals surface area contributed by atoms with E-state index in [2.05, 4.69) is 27.5 Å². The van der Waals surface area contributed by atoms with E-state index in [1.165, 1.54) is 5.56 Å². The van der Waals surface area contributed by atoms with Gasteiger partial charge in [0.1, 0.15) is 22.7 Å². The standard InChI is InChI=1S/C24H27F3N4O/c1-5-7-16-10-12-17(13-11-16)30-22-28-15-20(24(25,26)27)21(31-22)29-18-8-6-9-19(14-18)32-23(2,3)4/h6,8-15H,5,7H2,1-4H3,(H2,28,29,30,31). The SMILES string of the molecule is CCCc1ccc(Nc2ncc(C(F)(F)F)c(Nc3cccc(OC(C)(C)C)c3)n2)cc1. The van der Waals surface area contributed by atoms with Gasteiger partial charge in [0.2, 0.25) is 5.95 Å². The van der Waals surface area contributed by atoms with Crippen molar-refractivity contribution in [2.45, 2.75) is 52.3 Å². The van der Waals surface area contributed by atoms with Crippen molar-refractivity contribution in [3.8, 4) is 5.75 Å². The van der Waals surface area contributed by atoms with Gasteiger partial charge in [-0.05, 0) is 57.0 Å². The third kappa shape index (κ3) is 6.60. The number of aromatic nitrogens is 2. The summed E-state index contributed by atoms with van der Waals surface area (Å²) in [5.41, 5.74) is 0.908. The lowest BCUT2D eigenvalue weighted by molar-refractivity contribution is -0.137. The summed E-state index contributed by atoms with van der Waals surface area (Å²) >= 11 is 0. The number of anilines is 4. The van der Waals surface area contributed by atoms with Crippen LogP contribution in [0, 0.1) is 0 Å². The highest BCUT2D eigenvalue weighted by Gasteiger charge is 2.35. The van der Waals surface area contributed by atoms with E-state index < -0.39 is 17.3 Å². The topological polar surface area (TPSA) is 59.1 Å². The van der Waals surface area contributed by atoms with E-state index >= 15 is 0 Å². The number of ether oxygens (including phenoxy) is 1. The molecule has 0 amide bonds. The summed E-state index contributed by atoms with van der Waals surface area (Å²) in [4.78, 5) is 7.96. The summed E-state index contributed by atoms with van der Waals surface area (Å²) in [7, 11) is 0. The number of hydrogen-bond donors (Lipinski definition) is 2. The summed E-state index contributed by atoms with van der Waals surface area (Å²) in [6.45, 7) is 7.78. The summed E-state index contributed by atoms with van der Waals surface area (Å²) in [5.74, 6) is 0.256. The van der Waals surface area contributed by atoms with Crippen LogP contribution in [0.4, 0.5) is 36.3 Å². The molecule has 0 spiro atoms. The molecule has 0 unspecified atom stereocenters. The van der Waals surface area contributed by atoms with Crippen molar-refractivity contribution in [1.82, 2.24) is 9.97 Å². The van der Waals surface area contributed by atoms with Crippen LogP contribution in [-0.2, 0) is 12.6 Å². The molecule has 0 aliphatic carbocycles. The fourth-order valence-electron chi connectivity index (χ4n) is 3.04. The predicted molar refractivity (Wildman–Crippen MR) is 121 cm³/mol. The quantitative estimate of drug-likeness (QED) is 0.407. The molecule has 0 aliphatic rings. The smallest absolute Gasteiger partial charge is 0.421 e. The predicted octanol–water partition coefficient (Wildman–Crippen LogP) is 7.11. The lowest BCUT2D eigenvalue weighted by Crippen LogP contribution is -2.22. The fourth-order valence-corrected chi connectivity index (χ4v) is 3.04. The first-order valence-corrected chi connectivity index (χ1v) is 10.4. The molecule has 32 heavy (non-hydrogen) atoms. The van der Waals surface area contributed by atoms with E-state index in [1.807, 2.05) is 45.0 Å². The van der Waals surface area contributed by atoms with Crippen LogP contribution in [-0.4, -0.2) is 15.6 Å². The van der Waals surface area contributed by atoms with E-state index in [1.54, 1.807) is 24.3 Å². The maximum Gasteiger partial charge on any atom is 0.421 e. The zero-order valence-electron chi connectivity index (χ0n) is 18.5. The molecule has 0 fully saturated rings. The lowest BCUT2D eigenvalue weighted by atomic mass is 10.1. The van der Waals surface area contributed by atoms with Crippen LogP contribution >= 0.6 is 0 Å². The van der Waals surface area contributed by atoms with E-state index in [-0.39, 0.29) is 11.8 Å². The van der Waals surface area contributed by atoms with Crippen LogP contribution in [0.25, 0.3) is 0 Å². The van der Waals surface area contributed by atoms with Gasteiger partial charge in [-0.2, -0.15) is 18.2 Å². The van der Waals surface area contributed by atoms with Gasteiger partial charge in [-0.3, -0.25) is 0 Å². The molecule has 170 valence electrons. The van der Waals surface area contributed by atoms with Crippen molar-refractivity contribution in [2.75, 3.05) is 10.6 Å². The Bertz CT molecular complexity index is 1040.